The Labute approximate surface area is 142 Å². The first-order valence-electron chi connectivity index (χ1n) is 8.90. The molecule has 0 unspecified atom stereocenters. The van der Waals surface area contributed by atoms with Crippen LogP contribution in [0.2, 0.25) is 0 Å². The van der Waals surface area contributed by atoms with Crippen molar-refractivity contribution in [2.75, 3.05) is 31.1 Å². The van der Waals surface area contributed by atoms with E-state index in [1.165, 1.54) is 44.2 Å². The van der Waals surface area contributed by atoms with Gasteiger partial charge in [-0.15, -0.1) is 0 Å². The van der Waals surface area contributed by atoms with Gasteiger partial charge >= 0.3 is 0 Å². The lowest BCUT2D eigenvalue weighted by Crippen LogP contribution is -2.37. The molecule has 2 fully saturated rings. The lowest BCUT2D eigenvalue weighted by molar-refractivity contribution is -0.384. The van der Waals surface area contributed by atoms with E-state index in [9.17, 15) is 14.9 Å². The number of hydrogen-bond acceptors (Lipinski definition) is 4. The van der Waals surface area contributed by atoms with Crippen molar-refractivity contribution in [1.82, 2.24) is 4.90 Å². The number of benzene rings is 1. The maximum atomic E-state index is 12.6. The summed E-state index contributed by atoms with van der Waals surface area (Å²) in [6.07, 6.45) is 7.54. The van der Waals surface area contributed by atoms with Gasteiger partial charge in [0, 0.05) is 30.9 Å². The SMILES string of the molecule is O=C1CN(CCC2CCCC2)CCCN1c1ccc([N+](=O)[O-])cc1. The van der Waals surface area contributed by atoms with Gasteiger partial charge in [0.15, 0.2) is 0 Å². The number of rotatable bonds is 5. The second kappa shape index (κ2) is 7.75. The molecule has 1 aromatic rings. The van der Waals surface area contributed by atoms with Gasteiger partial charge in [0.25, 0.3) is 5.69 Å². The van der Waals surface area contributed by atoms with Crippen molar-refractivity contribution in [2.24, 2.45) is 5.92 Å². The molecule has 130 valence electrons. The Bertz CT molecular complexity index is 582. The molecule has 6 heteroatoms. The number of non-ortho nitro benzene ring substituents is 1. The van der Waals surface area contributed by atoms with Gasteiger partial charge < -0.3 is 4.90 Å². The number of nitro benzene ring substituents is 1. The van der Waals surface area contributed by atoms with E-state index in [0.29, 0.717) is 13.1 Å². The predicted octanol–water partition coefficient (Wildman–Crippen LogP) is 3.21. The molecule has 1 aliphatic heterocycles. The normalized spacial score (nSPS) is 20.3. The summed E-state index contributed by atoms with van der Waals surface area (Å²) in [6.45, 7) is 3.08. The summed E-state index contributed by atoms with van der Waals surface area (Å²) in [5, 5.41) is 10.8. The highest BCUT2D eigenvalue weighted by atomic mass is 16.6. The molecule has 1 aromatic carbocycles. The molecule has 0 radical (unpaired) electrons. The van der Waals surface area contributed by atoms with Gasteiger partial charge in [0.2, 0.25) is 5.91 Å². The van der Waals surface area contributed by atoms with Crippen molar-refractivity contribution in [3.8, 4) is 0 Å². The molecular formula is C18H25N3O3. The number of hydrogen-bond donors (Lipinski definition) is 0. The van der Waals surface area contributed by atoms with Crippen LogP contribution in [0.3, 0.4) is 0 Å². The highest BCUT2D eigenvalue weighted by Crippen LogP contribution is 2.28. The molecule has 0 N–H and O–H groups in total. The zero-order chi connectivity index (χ0) is 16.9. The van der Waals surface area contributed by atoms with Crippen molar-refractivity contribution >= 4 is 17.3 Å². The van der Waals surface area contributed by atoms with Crippen molar-refractivity contribution in [2.45, 2.75) is 38.5 Å². The minimum Gasteiger partial charge on any atom is -0.311 e. The highest BCUT2D eigenvalue weighted by Gasteiger charge is 2.24. The molecule has 1 amide bonds. The number of nitrogens with zero attached hydrogens (tertiary/aromatic N) is 3. The van der Waals surface area contributed by atoms with Crippen LogP contribution in [0.15, 0.2) is 24.3 Å². The Hall–Kier alpha value is -1.95. The molecule has 1 heterocycles. The maximum Gasteiger partial charge on any atom is 0.269 e. The first-order chi connectivity index (χ1) is 11.6. The number of carbonyl (C=O) groups excluding carboxylic acids is 1. The van der Waals surface area contributed by atoms with E-state index in [1.54, 1.807) is 17.0 Å². The van der Waals surface area contributed by atoms with E-state index >= 15 is 0 Å². The van der Waals surface area contributed by atoms with Crippen LogP contribution in [-0.2, 0) is 4.79 Å². The fraction of sp³-hybridized carbons (Fsp3) is 0.611. The molecule has 0 spiro atoms. The van der Waals surface area contributed by atoms with Gasteiger partial charge in [0.05, 0.1) is 11.5 Å². The fourth-order valence-corrected chi connectivity index (χ4v) is 3.82. The summed E-state index contributed by atoms with van der Waals surface area (Å²) >= 11 is 0. The van der Waals surface area contributed by atoms with E-state index in [4.69, 9.17) is 0 Å². The fourth-order valence-electron chi connectivity index (χ4n) is 3.82. The molecule has 3 rings (SSSR count). The molecule has 6 nitrogen and oxygen atoms in total. The van der Waals surface area contributed by atoms with Gasteiger partial charge in [-0.25, -0.2) is 0 Å². The van der Waals surface area contributed by atoms with Crippen LogP contribution in [0.1, 0.15) is 38.5 Å². The maximum absolute atomic E-state index is 12.6. The van der Waals surface area contributed by atoms with Crippen LogP contribution in [0.4, 0.5) is 11.4 Å². The lowest BCUT2D eigenvalue weighted by Gasteiger charge is -2.22. The molecule has 1 saturated carbocycles. The number of amides is 1. The zero-order valence-corrected chi connectivity index (χ0v) is 14.0. The van der Waals surface area contributed by atoms with E-state index < -0.39 is 4.92 Å². The van der Waals surface area contributed by atoms with Crippen LogP contribution in [-0.4, -0.2) is 41.9 Å². The van der Waals surface area contributed by atoms with Gasteiger partial charge in [-0.1, -0.05) is 25.7 Å². The van der Waals surface area contributed by atoms with Gasteiger partial charge in [-0.3, -0.25) is 19.8 Å². The van der Waals surface area contributed by atoms with Crippen LogP contribution in [0, 0.1) is 16.0 Å². The van der Waals surface area contributed by atoms with E-state index in [0.717, 1.165) is 31.1 Å². The summed E-state index contributed by atoms with van der Waals surface area (Å²) < 4.78 is 0. The minimum atomic E-state index is -0.418. The predicted molar refractivity (Wildman–Crippen MR) is 93.1 cm³/mol. The largest absolute Gasteiger partial charge is 0.311 e. The third-order valence-corrected chi connectivity index (χ3v) is 5.22. The molecule has 0 atom stereocenters. The highest BCUT2D eigenvalue weighted by molar-refractivity contribution is 5.95. The average molecular weight is 331 g/mol. The Balaban J connectivity index is 1.58. The third-order valence-electron chi connectivity index (χ3n) is 5.22. The molecule has 2 aliphatic rings. The first kappa shape index (κ1) is 16.9. The average Bonchev–Trinajstić information content (AvgIpc) is 3.02. The number of anilines is 1. The Kier molecular flexibility index (Phi) is 5.45. The number of carbonyl (C=O) groups is 1. The minimum absolute atomic E-state index is 0.0548. The van der Waals surface area contributed by atoms with E-state index in [-0.39, 0.29) is 11.6 Å². The van der Waals surface area contributed by atoms with Crippen molar-refractivity contribution < 1.29 is 9.72 Å². The van der Waals surface area contributed by atoms with Crippen LogP contribution in [0.5, 0.6) is 0 Å². The van der Waals surface area contributed by atoms with E-state index in [2.05, 4.69) is 4.90 Å². The van der Waals surface area contributed by atoms with Crippen molar-refractivity contribution in [3.05, 3.63) is 34.4 Å². The Morgan fingerprint density at radius 2 is 1.79 bits per heavy atom. The Morgan fingerprint density at radius 1 is 1.08 bits per heavy atom. The van der Waals surface area contributed by atoms with Crippen LogP contribution < -0.4 is 4.90 Å². The smallest absolute Gasteiger partial charge is 0.269 e. The van der Waals surface area contributed by atoms with Crippen LogP contribution >= 0.6 is 0 Å². The topological polar surface area (TPSA) is 66.7 Å². The zero-order valence-electron chi connectivity index (χ0n) is 14.0. The summed E-state index contributed by atoms with van der Waals surface area (Å²) in [5.41, 5.74) is 0.808. The summed E-state index contributed by atoms with van der Waals surface area (Å²) in [4.78, 5) is 27.0. The Morgan fingerprint density at radius 3 is 2.46 bits per heavy atom. The van der Waals surface area contributed by atoms with Crippen molar-refractivity contribution in [3.63, 3.8) is 0 Å². The summed E-state index contributed by atoms with van der Waals surface area (Å²) in [5.74, 6) is 0.932. The lowest BCUT2D eigenvalue weighted by atomic mass is 10.0. The molecule has 0 bridgehead atoms. The van der Waals surface area contributed by atoms with Gasteiger partial charge in [-0.2, -0.15) is 0 Å². The standard InChI is InChI=1S/C18H25N3O3/c22-18-14-19(13-10-15-4-1-2-5-15)11-3-12-20(18)16-6-8-17(9-7-16)21(23)24/h6-9,15H,1-5,10-14H2. The van der Waals surface area contributed by atoms with Crippen LogP contribution in [0.25, 0.3) is 0 Å². The first-order valence-corrected chi connectivity index (χ1v) is 8.90. The van der Waals surface area contributed by atoms with E-state index in [1.807, 2.05) is 0 Å². The third kappa shape index (κ3) is 4.12. The summed E-state index contributed by atoms with van der Waals surface area (Å²) in [7, 11) is 0. The number of nitro groups is 1. The molecule has 24 heavy (non-hydrogen) atoms. The second-order valence-electron chi connectivity index (χ2n) is 6.89. The molecule has 1 saturated heterocycles. The van der Waals surface area contributed by atoms with Gasteiger partial charge in [0.1, 0.15) is 0 Å². The van der Waals surface area contributed by atoms with Crippen molar-refractivity contribution in [1.29, 1.82) is 0 Å². The van der Waals surface area contributed by atoms with Gasteiger partial charge in [-0.05, 0) is 37.4 Å². The molecular weight excluding hydrogens is 306 g/mol. The summed E-state index contributed by atoms with van der Waals surface area (Å²) in [6, 6.07) is 6.27. The monoisotopic (exact) mass is 331 g/mol. The quantitative estimate of drug-likeness (QED) is 0.614. The second-order valence-corrected chi connectivity index (χ2v) is 6.89. The molecule has 1 aliphatic carbocycles. The molecule has 0 aromatic heterocycles.